The Hall–Kier alpha value is -2.71. The Morgan fingerprint density at radius 2 is 2.00 bits per heavy atom. The van der Waals surface area contributed by atoms with Crippen LogP contribution in [0.1, 0.15) is 37.8 Å². The van der Waals surface area contributed by atoms with E-state index < -0.39 is 22.9 Å². The Bertz CT molecular complexity index is 996. The quantitative estimate of drug-likeness (QED) is 0.588. The van der Waals surface area contributed by atoms with Crippen LogP contribution in [0.15, 0.2) is 42.6 Å². The maximum absolute atomic E-state index is 13.5. The van der Waals surface area contributed by atoms with E-state index in [1.165, 1.54) is 12.1 Å². The third-order valence-corrected chi connectivity index (χ3v) is 6.90. The first kappa shape index (κ1) is 22.5. The molecule has 0 aliphatic heterocycles. The zero-order chi connectivity index (χ0) is 22.8. The van der Waals surface area contributed by atoms with Gasteiger partial charge in [0.15, 0.2) is 6.61 Å². The minimum absolute atomic E-state index is 0.0216. The summed E-state index contributed by atoms with van der Waals surface area (Å²) in [6, 6.07) is 9.46. The summed E-state index contributed by atoms with van der Waals surface area (Å²) in [5.41, 5.74) is -0.673. The van der Waals surface area contributed by atoms with Crippen molar-refractivity contribution in [2.45, 2.75) is 50.3 Å². The van der Waals surface area contributed by atoms with Crippen molar-refractivity contribution in [2.24, 2.45) is 5.41 Å². The predicted octanol–water partition coefficient (Wildman–Crippen LogP) is 2.75. The molecule has 1 atom stereocenters. The van der Waals surface area contributed by atoms with Gasteiger partial charge < -0.3 is 20.5 Å². The lowest BCUT2D eigenvalue weighted by molar-refractivity contribution is -0.156. The van der Waals surface area contributed by atoms with E-state index >= 15 is 0 Å². The molecule has 0 saturated heterocycles. The largest absolute Gasteiger partial charge is 0.484 e. The van der Waals surface area contributed by atoms with Gasteiger partial charge >= 0.3 is 0 Å². The van der Waals surface area contributed by atoms with Gasteiger partial charge in [-0.05, 0) is 56.4 Å². The molecule has 170 valence electrons. The highest BCUT2D eigenvalue weighted by atomic mass is 35.5. The number of halogens is 2. The maximum atomic E-state index is 13.5. The van der Waals surface area contributed by atoms with Crippen molar-refractivity contribution in [1.82, 2.24) is 15.6 Å². The van der Waals surface area contributed by atoms with Crippen LogP contribution in [0.5, 0.6) is 5.75 Å². The average Bonchev–Trinajstić information content (AvgIpc) is 2.79. The molecule has 1 aromatic heterocycles. The van der Waals surface area contributed by atoms with Crippen molar-refractivity contribution in [3.05, 3.63) is 59.1 Å². The number of nitrogens with zero attached hydrogens (tertiary/aromatic N) is 1. The first-order chi connectivity index (χ1) is 15.3. The van der Waals surface area contributed by atoms with Gasteiger partial charge in [-0.25, -0.2) is 4.39 Å². The van der Waals surface area contributed by atoms with Crippen LogP contribution in [0.25, 0.3) is 0 Å². The SMILES string of the molecule is O=C(COc1ccc(Cl)c(F)c1)NC12CCC(C(=O)NCc3ccccn3)(CC1)C(O)C2. The second-order valence-electron chi connectivity index (χ2n) is 8.57. The fourth-order valence-electron chi connectivity index (χ4n) is 4.73. The van der Waals surface area contributed by atoms with E-state index in [1.54, 1.807) is 6.20 Å². The van der Waals surface area contributed by atoms with Crippen molar-refractivity contribution in [2.75, 3.05) is 6.61 Å². The minimum Gasteiger partial charge on any atom is -0.484 e. The zero-order valence-electron chi connectivity index (χ0n) is 17.4. The van der Waals surface area contributed by atoms with Gasteiger partial charge in [-0.15, -0.1) is 0 Å². The van der Waals surface area contributed by atoms with Crippen LogP contribution in [0, 0.1) is 11.2 Å². The van der Waals surface area contributed by atoms with Crippen LogP contribution < -0.4 is 15.4 Å². The number of fused-ring (bicyclic) bond motifs is 3. The number of benzene rings is 1. The number of nitrogens with one attached hydrogen (secondary N) is 2. The van der Waals surface area contributed by atoms with Gasteiger partial charge in [0.05, 0.1) is 28.8 Å². The van der Waals surface area contributed by atoms with Crippen LogP contribution in [0.4, 0.5) is 4.39 Å². The molecule has 1 aromatic carbocycles. The van der Waals surface area contributed by atoms with Crippen molar-refractivity contribution in [1.29, 1.82) is 0 Å². The fourth-order valence-corrected chi connectivity index (χ4v) is 4.85. The monoisotopic (exact) mass is 461 g/mol. The molecular weight excluding hydrogens is 437 g/mol. The molecule has 3 N–H and O–H groups in total. The lowest BCUT2D eigenvalue weighted by Crippen LogP contribution is -2.65. The molecule has 3 saturated carbocycles. The summed E-state index contributed by atoms with van der Waals surface area (Å²) in [5.74, 6) is -0.955. The number of hydrogen-bond acceptors (Lipinski definition) is 5. The lowest BCUT2D eigenvalue weighted by atomic mass is 9.55. The molecule has 3 fully saturated rings. The highest BCUT2D eigenvalue weighted by Crippen LogP contribution is 2.52. The average molecular weight is 462 g/mol. The number of hydrogen-bond donors (Lipinski definition) is 3. The van der Waals surface area contributed by atoms with Crippen molar-refractivity contribution < 1.29 is 23.8 Å². The van der Waals surface area contributed by atoms with E-state index in [0.29, 0.717) is 38.6 Å². The molecule has 3 aliphatic rings. The molecule has 2 aromatic rings. The summed E-state index contributed by atoms with van der Waals surface area (Å²) in [5, 5.41) is 16.7. The molecule has 3 aliphatic carbocycles. The van der Waals surface area contributed by atoms with Gasteiger partial charge in [-0.1, -0.05) is 17.7 Å². The van der Waals surface area contributed by atoms with Crippen LogP contribution in [-0.2, 0) is 16.1 Å². The third kappa shape index (κ3) is 4.56. The topological polar surface area (TPSA) is 101 Å². The number of aliphatic hydroxyl groups is 1. The first-order valence-corrected chi connectivity index (χ1v) is 10.9. The van der Waals surface area contributed by atoms with Crippen LogP contribution in [-0.4, -0.2) is 40.2 Å². The number of carbonyl (C=O) groups is 2. The van der Waals surface area contributed by atoms with E-state index in [9.17, 15) is 19.1 Å². The number of aliphatic hydroxyl groups excluding tert-OH is 1. The van der Waals surface area contributed by atoms with E-state index in [1.807, 2.05) is 18.2 Å². The number of ether oxygens (including phenoxy) is 1. The predicted molar refractivity (Wildman–Crippen MR) is 115 cm³/mol. The van der Waals surface area contributed by atoms with Gasteiger partial charge in [0, 0.05) is 17.8 Å². The third-order valence-electron chi connectivity index (χ3n) is 6.60. The second-order valence-corrected chi connectivity index (χ2v) is 8.98. The Morgan fingerprint density at radius 3 is 2.66 bits per heavy atom. The van der Waals surface area contributed by atoms with Crippen molar-refractivity contribution in [3.8, 4) is 5.75 Å². The summed E-state index contributed by atoms with van der Waals surface area (Å²) >= 11 is 5.65. The molecule has 7 nitrogen and oxygen atoms in total. The van der Waals surface area contributed by atoms with Crippen LogP contribution >= 0.6 is 11.6 Å². The summed E-state index contributed by atoms with van der Waals surface area (Å²) in [6.07, 6.45) is 3.23. The highest BCUT2D eigenvalue weighted by molar-refractivity contribution is 6.30. The number of amides is 2. The highest BCUT2D eigenvalue weighted by Gasteiger charge is 2.58. The van der Waals surface area contributed by atoms with Crippen molar-refractivity contribution >= 4 is 23.4 Å². The van der Waals surface area contributed by atoms with Gasteiger partial charge in [-0.2, -0.15) is 0 Å². The van der Waals surface area contributed by atoms with E-state index in [4.69, 9.17) is 16.3 Å². The van der Waals surface area contributed by atoms with Gasteiger partial charge in [0.1, 0.15) is 11.6 Å². The van der Waals surface area contributed by atoms with Gasteiger partial charge in [-0.3, -0.25) is 14.6 Å². The summed E-state index contributed by atoms with van der Waals surface area (Å²) in [4.78, 5) is 29.6. The molecule has 0 radical (unpaired) electrons. The summed E-state index contributed by atoms with van der Waals surface area (Å²) in [7, 11) is 0. The first-order valence-electron chi connectivity index (χ1n) is 10.6. The molecule has 1 heterocycles. The Labute approximate surface area is 190 Å². The Morgan fingerprint density at radius 1 is 1.22 bits per heavy atom. The fraction of sp³-hybridized carbons (Fsp3) is 0.435. The number of aromatic nitrogens is 1. The molecule has 32 heavy (non-hydrogen) atoms. The Kier molecular flexibility index (Phi) is 6.35. The standard InChI is InChI=1S/C23H25ClFN3O4/c24-17-5-4-16(11-18(17)25)32-14-20(30)28-22-6-8-23(9-7-22,19(29)12-22)21(31)27-13-15-3-1-2-10-26-15/h1-5,10-11,19,29H,6-9,12-14H2,(H,27,31)(H,28,30). The van der Waals surface area contributed by atoms with E-state index in [0.717, 1.165) is 11.8 Å². The summed E-state index contributed by atoms with van der Waals surface area (Å²) in [6.45, 7) is 0.0211. The smallest absolute Gasteiger partial charge is 0.258 e. The van der Waals surface area contributed by atoms with E-state index in [2.05, 4.69) is 15.6 Å². The lowest BCUT2D eigenvalue weighted by Gasteiger charge is -2.55. The molecule has 1 unspecified atom stereocenters. The molecule has 2 amide bonds. The minimum atomic E-state index is -0.861. The number of carbonyl (C=O) groups excluding carboxylic acids is 2. The Balaban J connectivity index is 1.32. The van der Waals surface area contributed by atoms with Gasteiger partial charge in [0.2, 0.25) is 5.91 Å². The zero-order valence-corrected chi connectivity index (χ0v) is 18.2. The summed E-state index contributed by atoms with van der Waals surface area (Å²) < 4.78 is 18.9. The second kappa shape index (κ2) is 9.03. The van der Waals surface area contributed by atoms with Crippen LogP contribution in [0.2, 0.25) is 5.02 Å². The van der Waals surface area contributed by atoms with Crippen molar-refractivity contribution in [3.63, 3.8) is 0 Å². The molecule has 9 heteroatoms. The van der Waals surface area contributed by atoms with Crippen LogP contribution in [0.3, 0.4) is 0 Å². The molecule has 5 rings (SSSR count). The van der Waals surface area contributed by atoms with Gasteiger partial charge in [0.25, 0.3) is 5.91 Å². The molecule has 0 spiro atoms. The normalized spacial score (nSPS) is 26.4. The molecular formula is C23H25ClFN3O4. The van der Waals surface area contributed by atoms with E-state index in [-0.39, 0.29) is 29.2 Å². The number of rotatable bonds is 7. The number of pyridine rings is 1. The molecule has 2 bridgehead atoms. The maximum Gasteiger partial charge on any atom is 0.258 e.